The van der Waals surface area contributed by atoms with Crippen LogP contribution in [0.25, 0.3) is 21.6 Å². The first-order valence-corrected chi connectivity index (χ1v) is 25.4. The van der Waals surface area contributed by atoms with Crippen LogP contribution in [0.1, 0.15) is 94.1 Å². The Labute approximate surface area is 428 Å². The van der Waals surface area contributed by atoms with Gasteiger partial charge in [-0.3, -0.25) is 19.1 Å². The van der Waals surface area contributed by atoms with Gasteiger partial charge in [0, 0.05) is 66.1 Å². The number of aliphatic hydroxyl groups is 1. The van der Waals surface area contributed by atoms with Gasteiger partial charge in [0.15, 0.2) is 0 Å². The number of anilines is 1. The number of rotatable bonds is 15. The summed E-state index contributed by atoms with van der Waals surface area (Å²) in [4.78, 5) is 59.8. The molecule has 9 rings (SSSR count). The van der Waals surface area contributed by atoms with E-state index in [0.717, 1.165) is 38.6 Å². The van der Waals surface area contributed by atoms with E-state index in [2.05, 4.69) is 69.3 Å². The van der Waals surface area contributed by atoms with Crippen LogP contribution in [0.5, 0.6) is 11.6 Å². The zero-order valence-electron chi connectivity index (χ0n) is 41.5. The lowest BCUT2D eigenvalue weighted by atomic mass is 9.49. The number of hydrogen-bond donors (Lipinski definition) is 3. The summed E-state index contributed by atoms with van der Waals surface area (Å²) in [7, 11) is 0. The molecular weight excluding hydrogens is 952 g/mol. The summed E-state index contributed by atoms with van der Waals surface area (Å²) in [5.41, 5.74) is 6.36. The van der Waals surface area contributed by atoms with Crippen molar-refractivity contribution in [3.63, 3.8) is 0 Å². The van der Waals surface area contributed by atoms with Gasteiger partial charge in [0.2, 0.25) is 17.7 Å². The molecule has 2 saturated heterocycles. The van der Waals surface area contributed by atoms with Crippen LogP contribution in [-0.4, -0.2) is 102 Å². The largest absolute Gasteiger partial charge is 0.489 e. The number of benzene rings is 2. The van der Waals surface area contributed by atoms with Gasteiger partial charge in [-0.15, -0.1) is 11.3 Å². The highest BCUT2D eigenvalue weighted by Gasteiger charge is 2.64. The molecule has 16 nitrogen and oxygen atoms in total. The molecule has 2 aliphatic heterocycles. The second kappa shape index (κ2) is 20.0. The predicted molar refractivity (Wildman–Crippen MR) is 275 cm³/mol. The summed E-state index contributed by atoms with van der Waals surface area (Å²) in [5.74, 6) is 0.723. The number of nitrogens with one attached hydrogen (secondary N) is 2. The maximum absolute atomic E-state index is 14.4. The molecule has 0 bridgehead atoms. The van der Waals surface area contributed by atoms with Crippen molar-refractivity contribution in [3.8, 4) is 39.3 Å². The molecule has 3 fully saturated rings. The van der Waals surface area contributed by atoms with E-state index < -0.39 is 29.0 Å². The Kier molecular flexibility index (Phi) is 13.9. The number of likely N-dealkylation sites (tertiary alicyclic amines) is 1. The summed E-state index contributed by atoms with van der Waals surface area (Å²) in [6, 6.07) is 20.3. The van der Waals surface area contributed by atoms with Crippen LogP contribution in [0.2, 0.25) is 5.02 Å². The number of aromatic nitrogens is 5. The Morgan fingerprint density at radius 3 is 2.31 bits per heavy atom. The highest BCUT2D eigenvalue weighted by Crippen LogP contribution is 2.55. The third kappa shape index (κ3) is 9.87. The summed E-state index contributed by atoms with van der Waals surface area (Å²) in [5, 5.41) is 31.3. The molecule has 72 heavy (non-hydrogen) atoms. The van der Waals surface area contributed by atoms with Gasteiger partial charge in [-0.05, 0) is 66.8 Å². The number of nitrogens with zero attached hydrogens (tertiary/aromatic N) is 8. The van der Waals surface area contributed by atoms with Crippen molar-refractivity contribution in [1.82, 2.24) is 40.3 Å². The SMILES string of the molecule is Cc1ncsc1-c1ccc([C@H](C)NC(=O)[C@@H]2CC(O)CN2C(=O)[C@H](C(C)C)n2cc(-c3ccnc(OC4CN(c5ccc(C(=O)N[C@H]6C(C)(C)[C@H](Oc7ccc(C#N)c(Cl)c7)C6(C)C)cn5)C4)c3)cn2)cc1. The number of carbonyl (C=O) groups is 3. The molecule has 3 aliphatic rings. The molecule has 0 spiro atoms. The molecule has 18 heteroatoms. The number of carbonyl (C=O) groups excluding carboxylic acids is 3. The van der Waals surface area contributed by atoms with Crippen molar-refractivity contribution < 1.29 is 29.0 Å². The molecule has 3 N–H and O–H groups in total. The fourth-order valence-corrected chi connectivity index (χ4v) is 11.8. The van der Waals surface area contributed by atoms with Crippen LogP contribution in [0, 0.1) is 35.0 Å². The van der Waals surface area contributed by atoms with Crippen molar-refractivity contribution in [2.24, 2.45) is 16.7 Å². The Hall–Kier alpha value is -6.87. The quantitative estimate of drug-likeness (QED) is 0.0892. The average molecular weight is 1010 g/mol. The lowest BCUT2D eigenvalue weighted by molar-refractivity contribution is -0.164. The maximum Gasteiger partial charge on any atom is 0.253 e. The summed E-state index contributed by atoms with van der Waals surface area (Å²) in [6.07, 6.45) is 5.70. The van der Waals surface area contributed by atoms with Crippen LogP contribution in [0.3, 0.4) is 0 Å². The number of aryl methyl sites for hydroxylation is 1. The Bertz CT molecular complexity index is 3000. The van der Waals surface area contributed by atoms with Crippen LogP contribution >= 0.6 is 22.9 Å². The predicted octanol–water partition coefficient (Wildman–Crippen LogP) is 8.21. The van der Waals surface area contributed by atoms with Crippen molar-refractivity contribution in [2.45, 2.75) is 104 Å². The molecule has 4 atom stereocenters. The first-order valence-electron chi connectivity index (χ1n) is 24.2. The van der Waals surface area contributed by atoms with E-state index >= 15 is 0 Å². The molecule has 2 aromatic carbocycles. The van der Waals surface area contributed by atoms with Crippen molar-refractivity contribution in [1.29, 1.82) is 5.26 Å². The van der Waals surface area contributed by atoms with Crippen molar-refractivity contribution in [3.05, 3.63) is 124 Å². The number of pyridine rings is 2. The number of hydrogen-bond acceptors (Lipinski definition) is 13. The lowest BCUT2D eigenvalue weighted by Crippen LogP contribution is -2.74. The van der Waals surface area contributed by atoms with Crippen molar-refractivity contribution >= 4 is 46.5 Å². The normalized spacial score (nSPS) is 21.0. The van der Waals surface area contributed by atoms with Gasteiger partial charge < -0.3 is 35.0 Å². The number of amides is 3. The molecule has 1 unspecified atom stereocenters. The van der Waals surface area contributed by atoms with Crippen LogP contribution in [0.15, 0.2) is 97.0 Å². The minimum absolute atomic E-state index is 0.0453. The molecule has 1 aliphatic carbocycles. The third-order valence-corrected chi connectivity index (χ3v) is 15.7. The van der Waals surface area contributed by atoms with Gasteiger partial charge in [0.25, 0.3) is 5.91 Å². The topological polar surface area (TPSA) is 201 Å². The van der Waals surface area contributed by atoms with Gasteiger partial charge in [-0.25, -0.2) is 15.0 Å². The fraction of sp³-hybridized carbons (Fsp3) is 0.407. The number of thiazole rings is 1. The maximum atomic E-state index is 14.4. The molecule has 1 saturated carbocycles. The highest BCUT2D eigenvalue weighted by molar-refractivity contribution is 7.13. The molecule has 6 aromatic rings. The van der Waals surface area contributed by atoms with Gasteiger partial charge in [-0.1, -0.05) is 77.4 Å². The van der Waals surface area contributed by atoms with Gasteiger partial charge >= 0.3 is 0 Å². The van der Waals surface area contributed by atoms with E-state index in [1.165, 1.54) is 4.90 Å². The summed E-state index contributed by atoms with van der Waals surface area (Å²) in [6.45, 7) is 17.2. The molecule has 374 valence electrons. The second-order valence-corrected chi connectivity index (χ2v) is 21.9. The smallest absolute Gasteiger partial charge is 0.253 e. The van der Waals surface area contributed by atoms with E-state index in [0.29, 0.717) is 40.9 Å². The highest BCUT2D eigenvalue weighted by atomic mass is 35.5. The molecule has 4 aromatic heterocycles. The monoisotopic (exact) mass is 1010 g/mol. The van der Waals surface area contributed by atoms with Gasteiger partial charge in [-0.2, -0.15) is 10.4 Å². The van der Waals surface area contributed by atoms with Crippen molar-refractivity contribution in [2.75, 3.05) is 24.5 Å². The number of halogens is 1. The molecule has 3 amide bonds. The Balaban J connectivity index is 0.776. The standard InChI is InChI=1S/C54H59ClN10O6S/c1-30(2)46(50(69)64-26-39(66)20-43(64)49(68)61-31(3)33-9-11-34(12-10-33)47-32(4)59-29-72-47)65-25-38(24-60-65)35-17-18-57-45(19-35)70-41-27-63(28-41)44-16-14-37(23-58-44)48(67)62-51-53(5,6)52(54(51,7)8)71-40-15-13-36(22-56)42(55)21-40/h9-19,21,23-25,29-31,39,41,43,46,51-52,66H,20,26-28H2,1-8H3,(H,61,68)(H,62,67)/t31-,39?,43-,46-,51-,52-/m0/s1. The minimum atomic E-state index is -0.840. The average Bonchev–Trinajstić information content (AvgIpc) is 4.11. The number of β-amino-alcohol motifs (C(OH)–C–C–N with tert-alkyl or cyclic N) is 1. The Morgan fingerprint density at radius 2 is 1.65 bits per heavy atom. The second-order valence-electron chi connectivity index (χ2n) is 20.6. The van der Waals surface area contributed by atoms with E-state index in [1.54, 1.807) is 58.9 Å². The van der Waals surface area contributed by atoms with Crippen LogP contribution in [-0.2, 0) is 9.59 Å². The first kappa shape index (κ1) is 50.1. The van der Waals surface area contributed by atoms with Crippen LogP contribution < -0.4 is 25.0 Å². The number of ether oxygens (including phenoxy) is 2. The van der Waals surface area contributed by atoms with E-state index in [4.69, 9.17) is 21.1 Å². The molecular formula is C54H59ClN10O6S. The first-order chi connectivity index (χ1) is 34.3. The zero-order chi connectivity index (χ0) is 51.2. The summed E-state index contributed by atoms with van der Waals surface area (Å²) >= 11 is 7.85. The fourth-order valence-electron chi connectivity index (χ4n) is 10.8. The summed E-state index contributed by atoms with van der Waals surface area (Å²) < 4.78 is 14.3. The lowest BCUT2D eigenvalue weighted by Gasteiger charge is -2.63. The molecule has 0 radical (unpaired) electrons. The molecule has 6 heterocycles. The van der Waals surface area contributed by atoms with E-state index in [9.17, 15) is 24.8 Å². The third-order valence-electron chi connectivity index (χ3n) is 14.4. The van der Waals surface area contributed by atoms with E-state index in [-0.39, 0.29) is 60.9 Å². The zero-order valence-corrected chi connectivity index (χ0v) is 43.1. The van der Waals surface area contributed by atoms with Gasteiger partial charge in [0.1, 0.15) is 41.9 Å². The van der Waals surface area contributed by atoms with E-state index in [1.807, 2.05) is 81.9 Å². The van der Waals surface area contributed by atoms with Gasteiger partial charge in [0.05, 0.1) is 63.7 Å². The number of nitriles is 1. The minimum Gasteiger partial charge on any atom is -0.489 e. The van der Waals surface area contributed by atoms with Crippen LogP contribution in [0.4, 0.5) is 5.82 Å². The number of aliphatic hydroxyl groups excluding tert-OH is 1. The Morgan fingerprint density at radius 1 is 0.903 bits per heavy atom.